The summed E-state index contributed by atoms with van der Waals surface area (Å²) in [5, 5.41) is 0.208. The van der Waals surface area contributed by atoms with Gasteiger partial charge in [-0.3, -0.25) is 4.79 Å². The molecule has 0 spiro atoms. The average molecular weight is 421 g/mol. The van der Waals surface area contributed by atoms with E-state index < -0.39 is 10.0 Å². The number of carbonyl (C=O) groups excluding carboxylic acids is 1. The summed E-state index contributed by atoms with van der Waals surface area (Å²) < 4.78 is 28.3. The first-order valence-corrected chi connectivity index (χ1v) is 10.5. The van der Waals surface area contributed by atoms with Crippen LogP contribution in [-0.4, -0.2) is 31.1 Å². The van der Waals surface area contributed by atoms with Gasteiger partial charge in [-0.1, -0.05) is 34.0 Å². The van der Waals surface area contributed by atoms with E-state index in [9.17, 15) is 13.2 Å². The summed E-state index contributed by atoms with van der Waals surface area (Å²) in [6.45, 7) is 0.461. The van der Waals surface area contributed by atoms with Crippen LogP contribution in [0.5, 0.6) is 0 Å². The summed E-state index contributed by atoms with van der Waals surface area (Å²) in [5.41, 5.74) is 0. The topological polar surface area (TPSA) is 54.5 Å². The molecule has 2 aliphatic rings. The quantitative estimate of drug-likeness (QED) is 0.742. The molecular formula is C16H19BrClNO3S. The first-order chi connectivity index (χ1) is 10.9. The fourth-order valence-electron chi connectivity index (χ4n) is 3.69. The average Bonchev–Trinajstić information content (AvgIpc) is 2.97. The second kappa shape index (κ2) is 6.82. The van der Waals surface area contributed by atoms with E-state index in [-0.39, 0.29) is 27.7 Å². The van der Waals surface area contributed by atoms with Gasteiger partial charge in [0.25, 0.3) is 0 Å². The maximum Gasteiger partial charge on any atom is 0.244 e. The van der Waals surface area contributed by atoms with Crippen LogP contribution < -0.4 is 0 Å². The number of Topliss-reactive ketones (excluding diaryl/α,β-unsaturated/α-hetero) is 1. The Hall–Kier alpha value is -0.430. The van der Waals surface area contributed by atoms with Crippen molar-refractivity contribution in [3.63, 3.8) is 0 Å². The van der Waals surface area contributed by atoms with Crippen molar-refractivity contribution >= 4 is 43.3 Å². The number of rotatable bonds is 3. The Balaban J connectivity index is 1.93. The predicted molar refractivity (Wildman–Crippen MR) is 93.0 cm³/mol. The minimum atomic E-state index is -3.68. The highest BCUT2D eigenvalue weighted by Crippen LogP contribution is 2.37. The number of carbonyl (C=O) groups is 1. The molecule has 1 aliphatic carbocycles. The van der Waals surface area contributed by atoms with Gasteiger partial charge in [-0.05, 0) is 43.9 Å². The molecule has 1 aromatic rings. The monoisotopic (exact) mass is 419 g/mol. The molecule has 23 heavy (non-hydrogen) atoms. The van der Waals surface area contributed by atoms with Crippen molar-refractivity contribution < 1.29 is 13.2 Å². The van der Waals surface area contributed by atoms with Crippen LogP contribution in [0.4, 0.5) is 0 Å². The van der Waals surface area contributed by atoms with Crippen molar-refractivity contribution in [3.8, 4) is 0 Å². The van der Waals surface area contributed by atoms with Crippen LogP contribution in [0.1, 0.15) is 38.5 Å². The zero-order valence-corrected chi connectivity index (χ0v) is 15.8. The Labute approximate surface area is 150 Å². The van der Waals surface area contributed by atoms with E-state index in [2.05, 4.69) is 15.9 Å². The molecule has 1 saturated heterocycles. The fraction of sp³-hybridized carbons (Fsp3) is 0.562. The lowest BCUT2D eigenvalue weighted by atomic mass is 9.82. The lowest BCUT2D eigenvalue weighted by Gasteiger charge is -2.32. The van der Waals surface area contributed by atoms with Gasteiger partial charge >= 0.3 is 0 Å². The summed E-state index contributed by atoms with van der Waals surface area (Å²) in [5.74, 6) is 0.0560. The molecule has 1 saturated carbocycles. The van der Waals surface area contributed by atoms with Crippen LogP contribution >= 0.6 is 27.5 Å². The van der Waals surface area contributed by atoms with Crippen molar-refractivity contribution in [2.24, 2.45) is 5.92 Å². The van der Waals surface area contributed by atoms with E-state index in [1.807, 2.05) is 0 Å². The van der Waals surface area contributed by atoms with E-state index in [0.717, 1.165) is 36.6 Å². The fourth-order valence-corrected chi connectivity index (χ4v) is 6.44. The smallest absolute Gasteiger partial charge is 0.244 e. The highest BCUT2D eigenvalue weighted by atomic mass is 79.9. The van der Waals surface area contributed by atoms with Gasteiger partial charge in [0.15, 0.2) is 0 Å². The van der Waals surface area contributed by atoms with Gasteiger partial charge in [0.05, 0.1) is 5.02 Å². The standard InChI is InChI=1S/C16H19BrClNO3S/c17-11-7-8-16(13(18)10-11)23(21,22)19-9-3-5-14(19)12-4-1-2-6-15(12)20/h7-8,10,12,14H,1-6,9H2/t12-,14-/m1/s1. The third-order valence-electron chi connectivity index (χ3n) is 4.80. The lowest BCUT2D eigenvalue weighted by Crippen LogP contribution is -2.43. The molecular weight excluding hydrogens is 402 g/mol. The van der Waals surface area contributed by atoms with Gasteiger partial charge in [-0.2, -0.15) is 4.31 Å². The molecule has 0 unspecified atom stereocenters. The maximum atomic E-state index is 13.0. The van der Waals surface area contributed by atoms with Crippen LogP contribution in [0.2, 0.25) is 5.02 Å². The number of halogens is 2. The van der Waals surface area contributed by atoms with Gasteiger partial charge in [0.2, 0.25) is 10.0 Å². The van der Waals surface area contributed by atoms with E-state index in [0.29, 0.717) is 13.0 Å². The Kier molecular flexibility index (Phi) is 5.16. The minimum absolute atomic E-state index is 0.123. The third-order valence-corrected chi connectivity index (χ3v) is 7.70. The van der Waals surface area contributed by atoms with Crippen LogP contribution in [-0.2, 0) is 14.8 Å². The van der Waals surface area contributed by atoms with Crippen molar-refractivity contribution in [1.82, 2.24) is 4.31 Å². The molecule has 0 radical (unpaired) electrons. The van der Waals surface area contributed by atoms with Crippen molar-refractivity contribution in [2.45, 2.75) is 49.5 Å². The van der Waals surface area contributed by atoms with E-state index in [1.165, 1.54) is 10.4 Å². The second-order valence-corrected chi connectivity index (χ2v) is 9.40. The van der Waals surface area contributed by atoms with Crippen LogP contribution in [0.25, 0.3) is 0 Å². The predicted octanol–water partition coefficient (Wildman–Crippen LogP) is 4.01. The zero-order chi connectivity index (χ0) is 16.6. The third kappa shape index (κ3) is 3.36. The SMILES string of the molecule is O=C1CCCC[C@@H]1[C@H]1CCCN1S(=O)(=O)c1ccc(Br)cc1Cl. The number of ketones is 1. The van der Waals surface area contributed by atoms with Crippen molar-refractivity contribution in [2.75, 3.05) is 6.54 Å². The maximum absolute atomic E-state index is 13.0. The summed E-state index contributed by atoms with van der Waals surface area (Å²) in [4.78, 5) is 12.4. The molecule has 2 atom stereocenters. The minimum Gasteiger partial charge on any atom is -0.299 e. The Morgan fingerprint density at radius 2 is 1.96 bits per heavy atom. The molecule has 7 heteroatoms. The molecule has 2 fully saturated rings. The normalized spacial score (nSPS) is 26.6. The number of benzene rings is 1. The van der Waals surface area contributed by atoms with Gasteiger partial charge in [-0.15, -0.1) is 0 Å². The summed E-state index contributed by atoms with van der Waals surface area (Å²) >= 11 is 9.44. The van der Waals surface area contributed by atoms with Gasteiger partial charge in [0.1, 0.15) is 10.7 Å². The van der Waals surface area contributed by atoms with Gasteiger partial charge in [-0.25, -0.2) is 8.42 Å². The molecule has 0 bridgehead atoms. The molecule has 126 valence electrons. The molecule has 4 nitrogen and oxygen atoms in total. The summed E-state index contributed by atoms with van der Waals surface area (Å²) in [6.07, 6.45) is 4.84. The van der Waals surface area contributed by atoms with Gasteiger partial charge in [0, 0.05) is 29.4 Å². The summed E-state index contributed by atoms with van der Waals surface area (Å²) in [7, 11) is -3.68. The Morgan fingerprint density at radius 3 is 2.65 bits per heavy atom. The van der Waals surface area contributed by atoms with E-state index in [1.54, 1.807) is 12.1 Å². The van der Waals surface area contributed by atoms with Gasteiger partial charge < -0.3 is 0 Å². The molecule has 0 amide bonds. The Bertz CT molecular complexity index is 722. The molecule has 3 rings (SSSR count). The molecule has 0 N–H and O–H groups in total. The van der Waals surface area contributed by atoms with Crippen molar-refractivity contribution in [3.05, 3.63) is 27.7 Å². The largest absolute Gasteiger partial charge is 0.299 e. The first kappa shape index (κ1) is 17.4. The van der Waals surface area contributed by atoms with Crippen LogP contribution in [0, 0.1) is 5.92 Å². The highest BCUT2D eigenvalue weighted by Gasteiger charge is 2.43. The second-order valence-electron chi connectivity index (χ2n) is 6.22. The molecule has 1 aliphatic heterocycles. The van der Waals surface area contributed by atoms with Crippen LogP contribution in [0.15, 0.2) is 27.6 Å². The van der Waals surface area contributed by atoms with Crippen LogP contribution in [0.3, 0.4) is 0 Å². The van der Waals surface area contributed by atoms with E-state index in [4.69, 9.17) is 11.6 Å². The summed E-state index contributed by atoms with van der Waals surface area (Å²) in [6, 6.07) is 4.58. The number of hydrogen-bond acceptors (Lipinski definition) is 3. The van der Waals surface area contributed by atoms with E-state index >= 15 is 0 Å². The number of hydrogen-bond donors (Lipinski definition) is 0. The lowest BCUT2D eigenvalue weighted by molar-refractivity contribution is -0.126. The first-order valence-electron chi connectivity index (χ1n) is 7.91. The molecule has 1 heterocycles. The highest BCUT2D eigenvalue weighted by molar-refractivity contribution is 9.10. The Morgan fingerprint density at radius 1 is 1.17 bits per heavy atom. The zero-order valence-electron chi connectivity index (χ0n) is 12.7. The van der Waals surface area contributed by atoms with Crippen molar-refractivity contribution in [1.29, 1.82) is 0 Å². The number of sulfonamides is 1. The molecule has 0 aromatic heterocycles. The number of nitrogens with zero attached hydrogens (tertiary/aromatic N) is 1. The molecule has 1 aromatic carbocycles.